The molecule has 0 fully saturated rings. The molecule has 0 spiro atoms. The SMILES string of the molecule is CC(=O)N1CCc2c(sc3c2c(=O)n(-c2ccccc2)c(=O)n3CC(=O)c2ccc(F)cc2)C1. The number of hydrogen-bond donors (Lipinski definition) is 0. The van der Waals surface area contributed by atoms with Gasteiger partial charge in [0.1, 0.15) is 10.6 Å². The number of ketones is 1. The zero-order chi connectivity index (χ0) is 24.0. The molecule has 5 rings (SSSR count). The Morgan fingerprint density at radius 1 is 1.03 bits per heavy atom. The molecule has 0 saturated heterocycles. The molecule has 0 unspecified atom stereocenters. The number of amides is 1. The van der Waals surface area contributed by atoms with E-state index in [0.717, 1.165) is 15.0 Å². The van der Waals surface area contributed by atoms with Crippen molar-refractivity contribution in [3.05, 3.63) is 97.3 Å². The number of carbonyl (C=O) groups is 2. The second kappa shape index (κ2) is 8.49. The highest BCUT2D eigenvalue weighted by Crippen LogP contribution is 2.33. The molecule has 3 heterocycles. The molecule has 2 aromatic heterocycles. The van der Waals surface area contributed by atoms with Crippen molar-refractivity contribution in [1.82, 2.24) is 14.0 Å². The number of benzene rings is 2. The van der Waals surface area contributed by atoms with E-state index in [0.29, 0.717) is 35.4 Å². The van der Waals surface area contributed by atoms with Gasteiger partial charge in [-0.1, -0.05) is 18.2 Å². The minimum Gasteiger partial charge on any atom is -0.337 e. The molecule has 1 aliphatic rings. The van der Waals surface area contributed by atoms with Gasteiger partial charge in [-0.2, -0.15) is 0 Å². The van der Waals surface area contributed by atoms with Crippen molar-refractivity contribution < 1.29 is 14.0 Å². The van der Waals surface area contributed by atoms with Crippen LogP contribution in [0.25, 0.3) is 15.9 Å². The Morgan fingerprint density at radius 3 is 2.41 bits per heavy atom. The van der Waals surface area contributed by atoms with Crippen molar-refractivity contribution >= 4 is 33.2 Å². The van der Waals surface area contributed by atoms with Gasteiger partial charge in [0.15, 0.2) is 5.78 Å². The summed E-state index contributed by atoms with van der Waals surface area (Å²) < 4.78 is 15.7. The molecule has 0 aliphatic carbocycles. The lowest BCUT2D eigenvalue weighted by molar-refractivity contribution is -0.129. The van der Waals surface area contributed by atoms with E-state index >= 15 is 0 Å². The maximum Gasteiger partial charge on any atom is 0.337 e. The minimum atomic E-state index is -0.624. The maximum atomic E-state index is 13.6. The number of thiophene rings is 1. The molecule has 0 N–H and O–H groups in total. The molecule has 34 heavy (non-hydrogen) atoms. The molecule has 0 radical (unpaired) electrons. The Morgan fingerprint density at radius 2 is 1.74 bits per heavy atom. The van der Waals surface area contributed by atoms with Crippen molar-refractivity contribution in [2.75, 3.05) is 6.54 Å². The fraction of sp³-hybridized carbons (Fsp3) is 0.200. The van der Waals surface area contributed by atoms with Crippen molar-refractivity contribution in [2.45, 2.75) is 26.4 Å². The molecule has 0 saturated carbocycles. The molecule has 2 aromatic carbocycles. The predicted molar refractivity (Wildman–Crippen MR) is 127 cm³/mol. The van der Waals surface area contributed by atoms with Gasteiger partial charge in [-0.05, 0) is 48.4 Å². The van der Waals surface area contributed by atoms with Gasteiger partial charge in [0.05, 0.1) is 24.2 Å². The quantitative estimate of drug-likeness (QED) is 0.423. The number of hydrogen-bond acceptors (Lipinski definition) is 5. The minimum absolute atomic E-state index is 0.0614. The van der Waals surface area contributed by atoms with Crippen LogP contribution >= 0.6 is 11.3 Å². The highest BCUT2D eigenvalue weighted by Gasteiger charge is 2.28. The summed E-state index contributed by atoms with van der Waals surface area (Å²) in [5.74, 6) is -0.901. The van der Waals surface area contributed by atoms with Crippen molar-refractivity contribution in [2.24, 2.45) is 0 Å². The van der Waals surface area contributed by atoms with Gasteiger partial charge in [-0.3, -0.25) is 19.0 Å². The first-order chi connectivity index (χ1) is 16.3. The van der Waals surface area contributed by atoms with E-state index in [-0.39, 0.29) is 23.8 Å². The van der Waals surface area contributed by atoms with E-state index in [9.17, 15) is 23.6 Å². The average molecular weight is 478 g/mol. The lowest BCUT2D eigenvalue weighted by Gasteiger charge is -2.25. The molecular weight excluding hydrogens is 457 g/mol. The number of para-hydroxylation sites is 1. The molecule has 1 aliphatic heterocycles. The Bertz CT molecular complexity index is 1550. The highest BCUT2D eigenvalue weighted by atomic mass is 32.1. The van der Waals surface area contributed by atoms with E-state index in [1.165, 1.54) is 47.1 Å². The maximum absolute atomic E-state index is 13.6. The number of rotatable bonds is 4. The lowest BCUT2D eigenvalue weighted by Crippen LogP contribution is -2.40. The summed E-state index contributed by atoms with van der Waals surface area (Å²) in [6.45, 7) is 2.03. The second-order valence-electron chi connectivity index (χ2n) is 8.15. The number of fused-ring (bicyclic) bond motifs is 3. The number of aromatic nitrogens is 2. The fourth-order valence-corrected chi connectivity index (χ4v) is 5.64. The van der Waals surface area contributed by atoms with Crippen molar-refractivity contribution in [1.29, 1.82) is 0 Å². The third kappa shape index (κ3) is 3.67. The summed E-state index contributed by atoms with van der Waals surface area (Å²) in [5.41, 5.74) is 0.424. The number of Topliss-reactive ketones (excluding diaryl/α,β-unsaturated/α-hetero) is 1. The first-order valence-corrected chi connectivity index (χ1v) is 11.6. The summed E-state index contributed by atoms with van der Waals surface area (Å²) in [6.07, 6.45) is 0.489. The Kier molecular flexibility index (Phi) is 5.49. The normalized spacial score (nSPS) is 13.2. The molecule has 172 valence electrons. The van der Waals surface area contributed by atoms with Crippen molar-refractivity contribution in [3.63, 3.8) is 0 Å². The van der Waals surface area contributed by atoms with Crippen LogP contribution in [-0.4, -0.2) is 32.3 Å². The van der Waals surface area contributed by atoms with Gasteiger partial charge in [0.2, 0.25) is 5.91 Å². The van der Waals surface area contributed by atoms with Crippen LogP contribution in [0.5, 0.6) is 0 Å². The smallest absolute Gasteiger partial charge is 0.337 e. The predicted octanol–water partition coefficient (Wildman–Crippen LogP) is 3.14. The van der Waals surface area contributed by atoms with E-state index in [2.05, 4.69) is 0 Å². The van der Waals surface area contributed by atoms with Crippen LogP contribution in [0.4, 0.5) is 4.39 Å². The third-order valence-corrected chi connectivity index (χ3v) is 7.29. The third-order valence-electron chi connectivity index (χ3n) is 6.05. The van der Waals surface area contributed by atoms with Crippen LogP contribution in [-0.2, 0) is 24.3 Å². The van der Waals surface area contributed by atoms with Gasteiger partial charge in [-0.15, -0.1) is 11.3 Å². The molecular formula is C25H20FN3O4S. The Hall–Kier alpha value is -3.85. The van der Waals surface area contributed by atoms with Gasteiger partial charge < -0.3 is 4.90 Å². The molecule has 9 heteroatoms. The van der Waals surface area contributed by atoms with E-state index in [1.807, 2.05) is 0 Å². The number of nitrogens with zero attached hydrogens (tertiary/aromatic N) is 3. The largest absolute Gasteiger partial charge is 0.337 e. The van der Waals surface area contributed by atoms with Crippen LogP contribution in [0.1, 0.15) is 27.7 Å². The van der Waals surface area contributed by atoms with Crippen LogP contribution in [0, 0.1) is 5.82 Å². The van der Waals surface area contributed by atoms with Crippen LogP contribution in [0.2, 0.25) is 0 Å². The summed E-state index contributed by atoms with van der Waals surface area (Å²) in [4.78, 5) is 55.0. The number of halogens is 1. The second-order valence-corrected chi connectivity index (χ2v) is 9.23. The average Bonchev–Trinajstić information content (AvgIpc) is 3.22. The van der Waals surface area contributed by atoms with Crippen molar-refractivity contribution in [3.8, 4) is 5.69 Å². The van der Waals surface area contributed by atoms with E-state index < -0.39 is 17.1 Å². The van der Waals surface area contributed by atoms with Crippen LogP contribution in [0.3, 0.4) is 0 Å². The zero-order valence-corrected chi connectivity index (χ0v) is 19.1. The molecule has 1 amide bonds. The topological polar surface area (TPSA) is 81.4 Å². The zero-order valence-electron chi connectivity index (χ0n) is 18.3. The fourth-order valence-electron chi connectivity index (χ4n) is 4.29. The summed E-state index contributed by atoms with van der Waals surface area (Å²) in [7, 11) is 0. The van der Waals surface area contributed by atoms with E-state index in [1.54, 1.807) is 35.2 Å². The van der Waals surface area contributed by atoms with Crippen LogP contribution < -0.4 is 11.2 Å². The number of carbonyl (C=O) groups excluding carboxylic acids is 2. The highest BCUT2D eigenvalue weighted by molar-refractivity contribution is 7.18. The van der Waals surface area contributed by atoms with Gasteiger partial charge >= 0.3 is 5.69 Å². The first kappa shape index (κ1) is 22.0. The van der Waals surface area contributed by atoms with Crippen LogP contribution in [0.15, 0.2) is 64.2 Å². The summed E-state index contributed by atoms with van der Waals surface area (Å²) >= 11 is 1.26. The lowest BCUT2D eigenvalue weighted by atomic mass is 10.1. The summed E-state index contributed by atoms with van der Waals surface area (Å²) in [5, 5.41) is 0.401. The monoisotopic (exact) mass is 477 g/mol. The Balaban J connectivity index is 1.74. The standard InChI is InChI=1S/C25H20FN3O4S/c1-15(30)27-12-11-19-21(14-27)34-24-22(19)23(32)29(18-5-3-2-4-6-18)25(33)28(24)13-20(31)16-7-9-17(26)10-8-16/h2-10H,11-14H2,1H3. The van der Waals surface area contributed by atoms with Gasteiger partial charge in [0.25, 0.3) is 5.56 Å². The summed E-state index contributed by atoms with van der Waals surface area (Å²) in [6, 6.07) is 13.7. The molecule has 4 aromatic rings. The Labute approximate surface area is 197 Å². The van der Waals surface area contributed by atoms with E-state index in [4.69, 9.17) is 0 Å². The molecule has 0 atom stereocenters. The van der Waals surface area contributed by atoms with Gasteiger partial charge in [-0.25, -0.2) is 13.8 Å². The molecule has 7 nitrogen and oxygen atoms in total. The van der Waals surface area contributed by atoms with Gasteiger partial charge in [0, 0.05) is 23.9 Å². The molecule has 0 bridgehead atoms. The first-order valence-electron chi connectivity index (χ1n) is 10.7.